The third-order valence-electron chi connectivity index (χ3n) is 4.59. The lowest BCUT2D eigenvalue weighted by Gasteiger charge is -2.24. The smallest absolute Gasteiger partial charge is 0.308 e. The lowest BCUT2D eigenvalue weighted by molar-refractivity contribution is -0.142. The van der Waals surface area contributed by atoms with Crippen LogP contribution in [0.25, 0.3) is 0 Å². The number of nitrogens with zero attached hydrogens (tertiary/aromatic N) is 1. The van der Waals surface area contributed by atoms with Crippen molar-refractivity contribution in [3.8, 4) is 5.75 Å². The van der Waals surface area contributed by atoms with Crippen molar-refractivity contribution in [2.45, 2.75) is 32.7 Å². The van der Waals surface area contributed by atoms with Gasteiger partial charge < -0.3 is 9.84 Å². The molecule has 1 aromatic carbocycles. The zero-order chi connectivity index (χ0) is 15.4. The van der Waals surface area contributed by atoms with Crippen molar-refractivity contribution < 1.29 is 14.6 Å². The molecule has 0 amide bonds. The molecule has 0 radical (unpaired) electrons. The van der Waals surface area contributed by atoms with Crippen LogP contribution in [-0.2, 0) is 11.2 Å². The standard InChI is InChI=1S/C17H25NO3/c1-12-10-18(11-16(12)17(19)20)13(2)4-5-14-6-8-15(21-3)9-7-14/h6-9,12-13,16H,4-5,10-11H2,1-3H3,(H,19,20). The Labute approximate surface area is 126 Å². The van der Waals surface area contributed by atoms with E-state index >= 15 is 0 Å². The maximum absolute atomic E-state index is 11.2. The number of carboxylic acids is 1. The van der Waals surface area contributed by atoms with Crippen LogP contribution in [0, 0.1) is 11.8 Å². The molecular weight excluding hydrogens is 266 g/mol. The molecule has 0 bridgehead atoms. The summed E-state index contributed by atoms with van der Waals surface area (Å²) >= 11 is 0. The van der Waals surface area contributed by atoms with Gasteiger partial charge in [-0.05, 0) is 43.4 Å². The van der Waals surface area contributed by atoms with E-state index in [0.29, 0.717) is 12.6 Å². The molecule has 0 aromatic heterocycles. The highest BCUT2D eigenvalue weighted by Gasteiger charge is 2.36. The van der Waals surface area contributed by atoms with E-state index in [-0.39, 0.29) is 11.8 Å². The Morgan fingerprint density at radius 3 is 2.57 bits per heavy atom. The lowest BCUT2D eigenvalue weighted by Crippen LogP contribution is -2.32. The highest BCUT2D eigenvalue weighted by atomic mass is 16.5. The monoisotopic (exact) mass is 291 g/mol. The van der Waals surface area contributed by atoms with Gasteiger partial charge in [-0.1, -0.05) is 19.1 Å². The Morgan fingerprint density at radius 1 is 1.38 bits per heavy atom. The molecule has 3 atom stereocenters. The van der Waals surface area contributed by atoms with Gasteiger partial charge >= 0.3 is 5.97 Å². The molecule has 0 saturated carbocycles. The minimum atomic E-state index is -0.660. The van der Waals surface area contributed by atoms with E-state index < -0.39 is 5.97 Å². The van der Waals surface area contributed by atoms with E-state index in [1.165, 1.54) is 5.56 Å². The molecule has 1 fully saturated rings. The number of methoxy groups -OCH3 is 1. The fourth-order valence-corrected chi connectivity index (χ4v) is 3.04. The predicted molar refractivity (Wildman–Crippen MR) is 82.6 cm³/mol. The third-order valence-corrected chi connectivity index (χ3v) is 4.59. The van der Waals surface area contributed by atoms with Crippen LogP contribution < -0.4 is 4.74 Å². The SMILES string of the molecule is COc1ccc(CCC(C)N2CC(C)C(C(=O)O)C2)cc1. The zero-order valence-electron chi connectivity index (χ0n) is 13.1. The van der Waals surface area contributed by atoms with Gasteiger partial charge in [-0.15, -0.1) is 0 Å². The van der Waals surface area contributed by atoms with E-state index in [2.05, 4.69) is 24.0 Å². The normalized spacial score (nSPS) is 24.0. The molecule has 116 valence electrons. The molecule has 21 heavy (non-hydrogen) atoms. The van der Waals surface area contributed by atoms with Gasteiger partial charge in [-0.2, -0.15) is 0 Å². The number of carboxylic acid groups (broad SMARTS) is 1. The summed E-state index contributed by atoms with van der Waals surface area (Å²) in [6, 6.07) is 8.58. The van der Waals surface area contributed by atoms with Crippen LogP contribution in [0.2, 0.25) is 0 Å². The molecule has 4 heteroatoms. The summed E-state index contributed by atoms with van der Waals surface area (Å²) in [7, 11) is 1.67. The molecule has 1 N–H and O–H groups in total. The molecule has 1 aliphatic heterocycles. The predicted octanol–water partition coefficient (Wildman–Crippen LogP) is 2.67. The summed E-state index contributed by atoms with van der Waals surface area (Å²) in [5.74, 6) is 0.246. The summed E-state index contributed by atoms with van der Waals surface area (Å²) in [6.45, 7) is 5.80. The van der Waals surface area contributed by atoms with Crippen molar-refractivity contribution in [1.82, 2.24) is 4.90 Å². The Kier molecular flexibility index (Phi) is 5.23. The molecular formula is C17H25NO3. The number of aryl methyl sites for hydroxylation is 1. The first-order chi connectivity index (χ1) is 10.0. The zero-order valence-corrected chi connectivity index (χ0v) is 13.1. The Morgan fingerprint density at radius 2 is 2.05 bits per heavy atom. The number of benzene rings is 1. The van der Waals surface area contributed by atoms with E-state index in [0.717, 1.165) is 25.1 Å². The first kappa shape index (κ1) is 15.8. The first-order valence-corrected chi connectivity index (χ1v) is 7.61. The van der Waals surface area contributed by atoms with Crippen LogP contribution in [0.5, 0.6) is 5.75 Å². The van der Waals surface area contributed by atoms with Gasteiger partial charge in [0.15, 0.2) is 0 Å². The molecule has 3 unspecified atom stereocenters. The average Bonchev–Trinajstić information content (AvgIpc) is 2.87. The quantitative estimate of drug-likeness (QED) is 0.875. The largest absolute Gasteiger partial charge is 0.497 e. The van der Waals surface area contributed by atoms with Crippen molar-refractivity contribution in [2.75, 3.05) is 20.2 Å². The maximum atomic E-state index is 11.2. The van der Waals surface area contributed by atoms with Crippen LogP contribution in [0.3, 0.4) is 0 Å². The van der Waals surface area contributed by atoms with Gasteiger partial charge in [0.2, 0.25) is 0 Å². The van der Waals surface area contributed by atoms with Crippen molar-refractivity contribution >= 4 is 5.97 Å². The highest BCUT2D eigenvalue weighted by molar-refractivity contribution is 5.71. The summed E-state index contributed by atoms with van der Waals surface area (Å²) in [4.78, 5) is 13.5. The summed E-state index contributed by atoms with van der Waals surface area (Å²) in [5, 5.41) is 9.20. The van der Waals surface area contributed by atoms with E-state index in [1.54, 1.807) is 7.11 Å². The van der Waals surface area contributed by atoms with Crippen LogP contribution in [0.1, 0.15) is 25.8 Å². The summed E-state index contributed by atoms with van der Waals surface area (Å²) < 4.78 is 5.16. The van der Waals surface area contributed by atoms with Gasteiger partial charge in [0.1, 0.15) is 5.75 Å². The second kappa shape index (κ2) is 6.94. The highest BCUT2D eigenvalue weighted by Crippen LogP contribution is 2.26. The topological polar surface area (TPSA) is 49.8 Å². The Bertz CT molecular complexity index is 471. The second-order valence-corrected chi connectivity index (χ2v) is 6.11. The molecule has 0 spiro atoms. The van der Waals surface area contributed by atoms with Crippen LogP contribution in [0.4, 0.5) is 0 Å². The fraction of sp³-hybridized carbons (Fsp3) is 0.588. The fourth-order valence-electron chi connectivity index (χ4n) is 3.04. The number of carbonyl (C=O) groups is 1. The summed E-state index contributed by atoms with van der Waals surface area (Å²) in [6.07, 6.45) is 2.05. The minimum absolute atomic E-state index is 0.214. The molecule has 1 aromatic rings. The number of likely N-dealkylation sites (tertiary alicyclic amines) is 1. The van der Waals surface area contributed by atoms with Crippen LogP contribution >= 0.6 is 0 Å². The number of aliphatic carboxylic acids is 1. The summed E-state index contributed by atoms with van der Waals surface area (Å²) in [5.41, 5.74) is 1.30. The third kappa shape index (κ3) is 3.97. The van der Waals surface area contributed by atoms with Crippen LogP contribution in [0.15, 0.2) is 24.3 Å². The number of ether oxygens (including phenoxy) is 1. The molecule has 4 nitrogen and oxygen atoms in total. The van der Waals surface area contributed by atoms with Gasteiger partial charge in [-0.25, -0.2) is 0 Å². The molecule has 0 aliphatic carbocycles. The average molecular weight is 291 g/mol. The van der Waals surface area contributed by atoms with Crippen LogP contribution in [-0.4, -0.2) is 42.2 Å². The lowest BCUT2D eigenvalue weighted by atomic mass is 9.99. The van der Waals surface area contributed by atoms with Gasteiger partial charge in [-0.3, -0.25) is 9.69 Å². The Hall–Kier alpha value is -1.55. The van der Waals surface area contributed by atoms with E-state index in [1.807, 2.05) is 19.1 Å². The van der Waals surface area contributed by atoms with Gasteiger partial charge in [0, 0.05) is 19.1 Å². The van der Waals surface area contributed by atoms with Crippen molar-refractivity contribution in [3.63, 3.8) is 0 Å². The molecule has 1 aliphatic rings. The number of rotatable bonds is 6. The minimum Gasteiger partial charge on any atom is -0.497 e. The van der Waals surface area contributed by atoms with Crippen molar-refractivity contribution in [3.05, 3.63) is 29.8 Å². The van der Waals surface area contributed by atoms with Gasteiger partial charge in [0.05, 0.1) is 13.0 Å². The van der Waals surface area contributed by atoms with E-state index in [4.69, 9.17) is 4.74 Å². The van der Waals surface area contributed by atoms with E-state index in [9.17, 15) is 9.90 Å². The number of hydrogen-bond acceptors (Lipinski definition) is 3. The molecule has 1 heterocycles. The molecule has 1 saturated heterocycles. The number of hydrogen-bond donors (Lipinski definition) is 1. The second-order valence-electron chi connectivity index (χ2n) is 6.11. The van der Waals surface area contributed by atoms with Crippen molar-refractivity contribution in [1.29, 1.82) is 0 Å². The molecule has 2 rings (SSSR count). The van der Waals surface area contributed by atoms with Crippen molar-refractivity contribution in [2.24, 2.45) is 11.8 Å². The Balaban J connectivity index is 1.84. The van der Waals surface area contributed by atoms with Gasteiger partial charge in [0.25, 0.3) is 0 Å². The maximum Gasteiger partial charge on any atom is 0.308 e. The first-order valence-electron chi connectivity index (χ1n) is 7.61.